The molecule has 2 heterocycles. The van der Waals surface area contributed by atoms with Crippen molar-refractivity contribution >= 4 is 11.8 Å². The van der Waals surface area contributed by atoms with E-state index in [9.17, 15) is 0 Å². The van der Waals surface area contributed by atoms with Gasteiger partial charge in [-0.2, -0.15) is 0 Å². The smallest absolute Gasteiger partial charge is 0.134 e. The van der Waals surface area contributed by atoms with Crippen LogP contribution in [0.2, 0.25) is 0 Å². The first-order chi connectivity index (χ1) is 11.3. The molecule has 3 heteroatoms. The number of rotatable bonds is 2. The first kappa shape index (κ1) is 15.1. The van der Waals surface area contributed by atoms with Crippen molar-refractivity contribution in [2.45, 2.75) is 35.2 Å². The van der Waals surface area contributed by atoms with Gasteiger partial charge in [0.15, 0.2) is 0 Å². The van der Waals surface area contributed by atoms with E-state index in [2.05, 4.69) is 60.5 Å². The van der Waals surface area contributed by atoms with Gasteiger partial charge in [-0.3, -0.25) is 0 Å². The van der Waals surface area contributed by atoms with E-state index in [1.807, 2.05) is 11.8 Å². The molecule has 0 spiro atoms. The van der Waals surface area contributed by atoms with E-state index in [4.69, 9.17) is 4.74 Å². The van der Waals surface area contributed by atoms with Gasteiger partial charge in [0.1, 0.15) is 11.9 Å². The molecule has 1 saturated heterocycles. The van der Waals surface area contributed by atoms with Gasteiger partial charge in [-0.05, 0) is 57.0 Å². The molecule has 4 rings (SSSR count). The van der Waals surface area contributed by atoms with Crippen LogP contribution in [0.1, 0.15) is 30.9 Å². The summed E-state index contributed by atoms with van der Waals surface area (Å²) in [6.07, 6.45) is 3.90. The van der Waals surface area contributed by atoms with Crippen molar-refractivity contribution in [3.8, 4) is 5.75 Å². The fourth-order valence-electron chi connectivity index (χ4n) is 3.75. The summed E-state index contributed by atoms with van der Waals surface area (Å²) in [5, 5.41) is 0. The molecule has 120 valence electrons. The summed E-state index contributed by atoms with van der Waals surface area (Å²) in [5.74, 6) is 1.75. The van der Waals surface area contributed by atoms with Crippen molar-refractivity contribution in [1.82, 2.24) is 4.90 Å². The van der Waals surface area contributed by atoms with Crippen LogP contribution in [0.4, 0.5) is 0 Å². The van der Waals surface area contributed by atoms with Gasteiger partial charge in [0.25, 0.3) is 0 Å². The fraction of sp³-hybridized carbons (Fsp3) is 0.400. The zero-order valence-corrected chi connectivity index (χ0v) is 14.4. The van der Waals surface area contributed by atoms with E-state index in [0.29, 0.717) is 0 Å². The molecule has 0 N–H and O–H groups in total. The second-order valence-corrected chi connectivity index (χ2v) is 7.78. The van der Waals surface area contributed by atoms with Crippen LogP contribution in [0.15, 0.2) is 58.3 Å². The number of ether oxygens (including phenoxy) is 1. The third kappa shape index (κ3) is 3.26. The van der Waals surface area contributed by atoms with E-state index < -0.39 is 0 Å². The van der Waals surface area contributed by atoms with Crippen LogP contribution in [0.25, 0.3) is 0 Å². The molecule has 2 aromatic rings. The Hall–Kier alpha value is -1.45. The molecule has 2 aliphatic heterocycles. The second kappa shape index (κ2) is 6.58. The monoisotopic (exact) mass is 325 g/mol. The van der Waals surface area contributed by atoms with E-state index >= 15 is 0 Å². The SMILES string of the molecule is CN1CCC[C@H](C[C@H]2Oc3ccccc3Sc3ccccc32)C1. The molecule has 23 heavy (non-hydrogen) atoms. The summed E-state index contributed by atoms with van der Waals surface area (Å²) in [6.45, 7) is 2.42. The van der Waals surface area contributed by atoms with Crippen molar-refractivity contribution < 1.29 is 4.74 Å². The lowest BCUT2D eigenvalue weighted by Crippen LogP contribution is -2.33. The largest absolute Gasteiger partial charge is 0.484 e. The molecule has 2 aliphatic rings. The Balaban J connectivity index is 1.65. The summed E-state index contributed by atoms with van der Waals surface area (Å²) in [6, 6.07) is 17.2. The highest BCUT2D eigenvalue weighted by atomic mass is 32.2. The maximum absolute atomic E-state index is 6.48. The molecule has 0 radical (unpaired) electrons. The Bertz CT molecular complexity index is 687. The summed E-state index contributed by atoms with van der Waals surface area (Å²) >= 11 is 1.83. The van der Waals surface area contributed by atoms with E-state index in [-0.39, 0.29) is 6.10 Å². The number of piperidine rings is 1. The molecule has 2 nitrogen and oxygen atoms in total. The minimum Gasteiger partial charge on any atom is -0.484 e. The molecule has 0 amide bonds. The Morgan fingerprint density at radius 2 is 1.87 bits per heavy atom. The minimum absolute atomic E-state index is 0.166. The summed E-state index contributed by atoms with van der Waals surface area (Å²) in [7, 11) is 2.24. The van der Waals surface area contributed by atoms with Gasteiger partial charge >= 0.3 is 0 Å². The van der Waals surface area contributed by atoms with Gasteiger partial charge in [-0.15, -0.1) is 0 Å². The average Bonchev–Trinajstić information content (AvgIpc) is 2.71. The van der Waals surface area contributed by atoms with Crippen molar-refractivity contribution in [2.75, 3.05) is 20.1 Å². The predicted octanol–water partition coefficient (Wildman–Crippen LogP) is 5.00. The number of hydrogen-bond donors (Lipinski definition) is 0. The highest BCUT2D eigenvalue weighted by Gasteiger charge is 2.28. The normalized spacial score (nSPS) is 24.2. The molecule has 1 fully saturated rings. The van der Waals surface area contributed by atoms with Crippen molar-refractivity contribution in [3.63, 3.8) is 0 Å². The Kier molecular flexibility index (Phi) is 4.32. The van der Waals surface area contributed by atoms with Crippen LogP contribution >= 0.6 is 11.8 Å². The molecule has 0 bridgehead atoms. The van der Waals surface area contributed by atoms with Crippen LogP contribution in [0, 0.1) is 5.92 Å². The molecular formula is C20H23NOS. The molecular weight excluding hydrogens is 302 g/mol. The van der Waals surface area contributed by atoms with Crippen LogP contribution in [0.5, 0.6) is 5.75 Å². The number of likely N-dealkylation sites (tertiary alicyclic amines) is 1. The predicted molar refractivity (Wildman–Crippen MR) is 95.2 cm³/mol. The van der Waals surface area contributed by atoms with Crippen molar-refractivity contribution in [3.05, 3.63) is 54.1 Å². The van der Waals surface area contributed by atoms with Crippen LogP contribution in [-0.2, 0) is 0 Å². The maximum Gasteiger partial charge on any atom is 0.134 e. The molecule has 2 atom stereocenters. The fourth-order valence-corrected chi connectivity index (χ4v) is 4.81. The van der Waals surface area contributed by atoms with E-state index in [0.717, 1.165) is 18.1 Å². The van der Waals surface area contributed by atoms with Crippen LogP contribution in [0.3, 0.4) is 0 Å². The highest BCUT2D eigenvalue weighted by Crippen LogP contribution is 2.45. The van der Waals surface area contributed by atoms with Crippen LogP contribution in [-0.4, -0.2) is 25.0 Å². The number of para-hydroxylation sites is 1. The van der Waals surface area contributed by atoms with Crippen molar-refractivity contribution in [1.29, 1.82) is 0 Å². The van der Waals surface area contributed by atoms with Gasteiger partial charge < -0.3 is 9.64 Å². The Morgan fingerprint density at radius 3 is 2.74 bits per heavy atom. The molecule has 0 aromatic heterocycles. The molecule has 0 unspecified atom stereocenters. The number of fused-ring (bicyclic) bond motifs is 2. The third-order valence-corrected chi connectivity index (χ3v) is 6.02. The lowest BCUT2D eigenvalue weighted by atomic mass is 9.90. The first-order valence-corrected chi connectivity index (χ1v) is 9.32. The quantitative estimate of drug-likeness (QED) is 0.770. The van der Waals surface area contributed by atoms with Gasteiger partial charge in [-0.25, -0.2) is 0 Å². The van der Waals surface area contributed by atoms with Gasteiger partial charge in [0.05, 0.1) is 4.90 Å². The first-order valence-electron chi connectivity index (χ1n) is 8.50. The summed E-state index contributed by atoms with van der Waals surface area (Å²) in [4.78, 5) is 5.02. The summed E-state index contributed by atoms with van der Waals surface area (Å²) in [5.41, 5.74) is 1.35. The Morgan fingerprint density at radius 1 is 1.09 bits per heavy atom. The Labute approximate surface area is 142 Å². The minimum atomic E-state index is 0.166. The number of hydrogen-bond acceptors (Lipinski definition) is 3. The van der Waals surface area contributed by atoms with E-state index in [1.165, 1.54) is 41.3 Å². The third-order valence-electron chi connectivity index (χ3n) is 4.87. The van der Waals surface area contributed by atoms with Crippen molar-refractivity contribution in [2.24, 2.45) is 5.92 Å². The van der Waals surface area contributed by atoms with E-state index in [1.54, 1.807) is 0 Å². The van der Waals surface area contributed by atoms with Gasteiger partial charge in [-0.1, -0.05) is 42.1 Å². The average molecular weight is 325 g/mol. The molecule has 0 saturated carbocycles. The van der Waals surface area contributed by atoms with Gasteiger partial charge in [0, 0.05) is 17.0 Å². The zero-order valence-electron chi connectivity index (χ0n) is 13.6. The molecule has 2 aromatic carbocycles. The van der Waals surface area contributed by atoms with Gasteiger partial charge in [0.2, 0.25) is 0 Å². The summed E-state index contributed by atoms with van der Waals surface area (Å²) < 4.78 is 6.48. The lowest BCUT2D eigenvalue weighted by Gasteiger charge is -2.32. The van der Waals surface area contributed by atoms with Crippen LogP contribution < -0.4 is 4.74 Å². The standard InChI is InChI=1S/C20H23NOS/c1-21-12-6-7-15(14-21)13-18-16-8-2-4-10-19(16)23-20-11-5-3-9-17(20)22-18/h2-5,8-11,15,18H,6-7,12-14H2,1H3/t15-,18-/m1/s1. The molecule has 0 aliphatic carbocycles. The number of benzene rings is 2. The topological polar surface area (TPSA) is 12.5 Å². The lowest BCUT2D eigenvalue weighted by molar-refractivity contribution is 0.124. The maximum atomic E-state index is 6.48. The zero-order chi connectivity index (χ0) is 15.6. The highest BCUT2D eigenvalue weighted by molar-refractivity contribution is 7.99. The number of nitrogens with zero attached hydrogens (tertiary/aromatic N) is 1. The second-order valence-electron chi connectivity index (χ2n) is 6.70.